The van der Waals surface area contributed by atoms with Crippen LogP contribution in [-0.4, -0.2) is 13.2 Å². The molecule has 0 saturated carbocycles. The van der Waals surface area contributed by atoms with Crippen LogP contribution in [0.2, 0.25) is 0 Å². The summed E-state index contributed by atoms with van der Waals surface area (Å²) in [5, 5.41) is 0. The summed E-state index contributed by atoms with van der Waals surface area (Å²) in [6, 6.07) is 34.3. The maximum Gasteiger partial charge on any atom is 0.136 e. The van der Waals surface area contributed by atoms with Gasteiger partial charge in [-0.3, -0.25) is 0 Å². The number of ether oxygens (including phenoxy) is 2. The second-order valence-corrected chi connectivity index (χ2v) is 38.5. The first-order valence-corrected chi connectivity index (χ1v) is 46.3. The Bertz CT molecular complexity index is 3660. The molecular formula is C106H148I2O2. The predicted molar refractivity (Wildman–Crippen MR) is 502 cm³/mol. The zero-order valence-electron chi connectivity index (χ0n) is 74.1. The minimum absolute atomic E-state index is 0.304. The molecule has 0 spiro atoms. The van der Waals surface area contributed by atoms with Crippen LogP contribution in [0, 0.1) is 30.8 Å². The van der Waals surface area contributed by atoms with Crippen molar-refractivity contribution < 1.29 is 9.47 Å². The van der Waals surface area contributed by atoms with Gasteiger partial charge in [0.1, 0.15) is 11.5 Å². The summed E-state index contributed by atoms with van der Waals surface area (Å²) in [7, 11) is 0. The van der Waals surface area contributed by atoms with E-state index < -0.39 is 0 Å². The van der Waals surface area contributed by atoms with Gasteiger partial charge in [-0.25, -0.2) is 0 Å². The second kappa shape index (κ2) is 44.6. The molecule has 110 heavy (non-hydrogen) atoms. The molecule has 0 unspecified atom stereocenters. The number of unbranched alkanes of at least 4 members (excludes halogenated alkanes) is 18. The summed E-state index contributed by atoms with van der Waals surface area (Å²) in [6.07, 6.45) is 25.2. The number of rotatable bonds is 40. The van der Waals surface area contributed by atoms with E-state index in [0.29, 0.717) is 84.2 Å². The molecule has 0 fully saturated rings. The van der Waals surface area contributed by atoms with E-state index in [4.69, 9.17) is 9.47 Å². The standard InChI is InChI=1S/C106H148I2O2/c1-27-29-31-33-35-37-39-41-43-45-51-109-99-65-82(50-48-80-55-97(103-91(75(19)20)61-85(69(7)8)62-92(103)76(21)22)106(108)98(56-80)104-93(77(23)24)63-86(70(9)10)64-94(104)78(25)26)100(110-52-46-44-42-40-38-36-34-32-30-28-2)66-81(99)49-47-79-53-95(101-87(71(11)12)57-83(67(3)4)58-88(101)72(13)14)105(107)96(54-79)102-89(73(15)16)59-84(68(5)6)60-90(102)74(17)18/h53-78H,27-46,51-52H2,1-26H3. The number of hydrogen-bond donors (Lipinski definition) is 0. The van der Waals surface area contributed by atoms with Crippen molar-refractivity contribution in [3.8, 4) is 79.7 Å². The molecule has 0 bridgehead atoms. The predicted octanol–water partition coefficient (Wildman–Crippen LogP) is 34.4. The lowest BCUT2D eigenvalue weighted by atomic mass is 9.78. The first-order chi connectivity index (χ1) is 52.3. The van der Waals surface area contributed by atoms with Crippen LogP contribution in [0.4, 0.5) is 0 Å². The van der Waals surface area contributed by atoms with Gasteiger partial charge in [0, 0.05) is 30.4 Å². The highest BCUT2D eigenvalue weighted by Gasteiger charge is 2.29. The molecular weight excluding hydrogens is 1560 g/mol. The summed E-state index contributed by atoms with van der Waals surface area (Å²) in [4.78, 5) is 0. The summed E-state index contributed by atoms with van der Waals surface area (Å²) in [5.41, 5.74) is 31.0. The van der Waals surface area contributed by atoms with Crippen molar-refractivity contribution in [2.45, 2.75) is 379 Å². The van der Waals surface area contributed by atoms with Gasteiger partial charge in [-0.15, -0.1) is 0 Å². The SMILES string of the molecule is CCCCCCCCCCCCOc1cc(C#Cc2cc(-c3c(C(C)C)cc(C(C)C)cc3C(C)C)c(I)c(-c3c(C(C)C)cc(C(C)C)cc3C(C)C)c2)c(OCCCCCCCCCCCC)cc1C#Cc1cc(-c2c(C(C)C)cc(C(C)C)cc2C(C)C)c(I)c(-c2c(C(C)C)cc(C(C)C)cc2C(C)C)c1. The van der Waals surface area contributed by atoms with Crippen LogP contribution in [0.15, 0.2) is 84.9 Å². The fourth-order valence-corrected chi connectivity index (χ4v) is 17.7. The summed E-state index contributed by atoms with van der Waals surface area (Å²) in [6.45, 7) is 62.7. The van der Waals surface area contributed by atoms with Crippen LogP contribution in [-0.2, 0) is 0 Å². The topological polar surface area (TPSA) is 18.5 Å². The highest BCUT2D eigenvalue weighted by Crippen LogP contribution is 2.50. The van der Waals surface area contributed by atoms with Crippen molar-refractivity contribution in [1.29, 1.82) is 0 Å². The maximum atomic E-state index is 7.23. The van der Waals surface area contributed by atoms with Gasteiger partial charge < -0.3 is 9.47 Å². The van der Waals surface area contributed by atoms with Gasteiger partial charge in [-0.1, -0.05) is 368 Å². The van der Waals surface area contributed by atoms with Gasteiger partial charge in [-0.05, 0) is 265 Å². The number of halogens is 2. The Balaban J connectivity index is 1.57. The lowest BCUT2D eigenvalue weighted by Gasteiger charge is -2.27. The molecule has 7 aromatic carbocycles. The molecule has 0 heterocycles. The molecule has 7 aromatic rings. The van der Waals surface area contributed by atoms with Gasteiger partial charge in [0.2, 0.25) is 0 Å². The number of hydrogen-bond acceptors (Lipinski definition) is 2. The Morgan fingerprint density at radius 1 is 0.236 bits per heavy atom. The summed E-state index contributed by atoms with van der Waals surface area (Å²) < 4.78 is 17.0. The van der Waals surface area contributed by atoms with Gasteiger partial charge in [0.05, 0.1) is 24.3 Å². The molecule has 2 nitrogen and oxygen atoms in total. The summed E-state index contributed by atoms with van der Waals surface area (Å²) in [5.74, 6) is 21.3. The smallest absolute Gasteiger partial charge is 0.136 e. The Morgan fingerprint density at radius 2 is 0.427 bits per heavy atom. The fraction of sp³-hybridized carbons (Fsp3) is 0.566. The molecule has 0 aliphatic heterocycles. The normalized spacial score (nSPS) is 12.0. The first kappa shape index (κ1) is 91.9. The Kier molecular flexibility index (Phi) is 37.2. The van der Waals surface area contributed by atoms with Crippen molar-refractivity contribution in [3.63, 3.8) is 0 Å². The summed E-state index contributed by atoms with van der Waals surface area (Å²) >= 11 is 5.47. The molecule has 0 amide bonds. The number of benzene rings is 7. The van der Waals surface area contributed by atoms with Gasteiger partial charge in [0.15, 0.2) is 0 Å². The van der Waals surface area contributed by atoms with E-state index in [1.807, 2.05) is 0 Å². The molecule has 0 aliphatic rings. The lowest BCUT2D eigenvalue weighted by molar-refractivity contribution is 0.295. The molecule has 0 aliphatic carbocycles. The molecule has 0 aromatic heterocycles. The van der Waals surface area contributed by atoms with Crippen LogP contribution in [0.1, 0.15) is 468 Å². The Hall–Kier alpha value is -5.28. The van der Waals surface area contributed by atoms with Crippen molar-refractivity contribution in [3.05, 3.63) is 181 Å². The molecule has 0 N–H and O–H groups in total. The van der Waals surface area contributed by atoms with E-state index >= 15 is 0 Å². The zero-order chi connectivity index (χ0) is 80.8. The largest absolute Gasteiger partial charge is 0.492 e. The van der Waals surface area contributed by atoms with Crippen LogP contribution in [0.3, 0.4) is 0 Å². The molecule has 4 heteroatoms. The van der Waals surface area contributed by atoms with E-state index in [2.05, 4.69) is 334 Å². The van der Waals surface area contributed by atoms with Crippen LogP contribution >= 0.6 is 45.2 Å². The highest BCUT2D eigenvalue weighted by atomic mass is 127. The van der Waals surface area contributed by atoms with E-state index in [-0.39, 0.29) is 0 Å². The third-order valence-corrected chi connectivity index (χ3v) is 25.4. The van der Waals surface area contributed by atoms with Crippen molar-refractivity contribution in [2.24, 2.45) is 0 Å². The van der Waals surface area contributed by atoms with E-state index in [1.165, 1.54) is 221 Å². The van der Waals surface area contributed by atoms with Gasteiger partial charge in [-0.2, -0.15) is 0 Å². The Labute approximate surface area is 702 Å². The van der Waals surface area contributed by atoms with E-state index in [1.54, 1.807) is 0 Å². The molecule has 7 rings (SSSR count). The van der Waals surface area contributed by atoms with Crippen LogP contribution in [0.25, 0.3) is 44.5 Å². The quantitative estimate of drug-likeness (QED) is 0.0217. The average Bonchev–Trinajstić information content (AvgIpc) is 0.751. The molecule has 0 radical (unpaired) electrons. The molecule has 598 valence electrons. The minimum atomic E-state index is 0.304. The maximum absolute atomic E-state index is 7.23. The lowest BCUT2D eigenvalue weighted by Crippen LogP contribution is -2.07. The van der Waals surface area contributed by atoms with Gasteiger partial charge >= 0.3 is 0 Å². The molecule has 0 saturated heterocycles. The fourth-order valence-electron chi connectivity index (χ4n) is 16.0. The Morgan fingerprint density at radius 3 is 0.609 bits per heavy atom. The monoisotopic (exact) mass is 1710 g/mol. The first-order valence-electron chi connectivity index (χ1n) is 44.2. The highest BCUT2D eigenvalue weighted by molar-refractivity contribution is 14.1. The van der Waals surface area contributed by atoms with E-state index in [0.717, 1.165) is 59.4 Å². The van der Waals surface area contributed by atoms with Crippen molar-refractivity contribution in [2.75, 3.05) is 13.2 Å². The zero-order valence-corrected chi connectivity index (χ0v) is 78.5. The van der Waals surface area contributed by atoms with Crippen molar-refractivity contribution in [1.82, 2.24) is 0 Å². The third kappa shape index (κ3) is 24.9. The van der Waals surface area contributed by atoms with Crippen molar-refractivity contribution >= 4 is 45.2 Å². The van der Waals surface area contributed by atoms with E-state index in [9.17, 15) is 0 Å². The third-order valence-electron chi connectivity index (χ3n) is 23.0. The van der Waals surface area contributed by atoms with Gasteiger partial charge in [0.25, 0.3) is 0 Å². The molecule has 0 atom stereocenters. The average molecular weight is 1710 g/mol. The van der Waals surface area contributed by atoms with Crippen LogP contribution in [0.5, 0.6) is 11.5 Å². The second-order valence-electron chi connectivity index (χ2n) is 36.3. The van der Waals surface area contributed by atoms with Crippen LogP contribution < -0.4 is 9.47 Å². The minimum Gasteiger partial charge on any atom is -0.492 e.